The van der Waals surface area contributed by atoms with Crippen molar-refractivity contribution < 1.29 is 14.0 Å². The van der Waals surface area contributed by atoms with E-state index in [2.05, 4.69) is 10.3 Å². The lowest BCUT2D eigenvalue weighted by Gasteiger charge is -2.25. The van der Waals surface area contributed by atoms with Gasteiger partial charge in [-0.1, -0.05) is 29.8 Å². The molecule has 4 rings (SSSR count). The Bertz CT molecular complexity index is 1010. The van der Waals surface area contributed by atoms with Crippen LogP contribution in [0.25, 0.3) is 6.08 Å². The van der Waals surface area contributed by atoms with E-state index in [9.17, 15) is 14.0 Å². The number of hydrogen-bond acceptors (Lipinski definition) is 3. The van der Waals surface area contributed by atoms with E-state index in [4.69, 9.17) is 0 Å². The number of fused-ring (bicyclic) bond motifs is 1. The highest BCUT2D eigenvalue weighted by atomic mass is 19.1. The third-order valence-corrected chi connectivity index (χ3v) is 5.28. The summed E-state index contributed by atoms with van der Waals surface area (Å²) < 4.78 is 13.8. The van der Waals surface area contributed by atoms with Crippen molar-refractivity contribution in [2.75, 3.05) is 18.4 Å². The van der Waals surface area contributed by atoms with Crippen molar-refractivity contribution in [2.45, 2.75) is 25.7 Å². The normalized spacial score (nSPS) is 16.4. The Labute approximate surface area is 168 Å². The summed E-state index contributed by atoms with van der Waals surface area (Å²) in [6.45, 7) is 1.15. The number of pyridine rings is 1. The molecule has 1 N–H and O–H groups in total. The Balaban J connectivity index is 1.35. The van der Waals surface area contributed by atoms with Crippen LogP contribution in [0, 0.1) is 5.82 Å². The van der Waals surface area contributed by atoms with Crippen molar-refractivity contribution >= 4 is 23.7 Å². The first-order valence-corrected chi connectivity index (χ1v) is 9.75. The molecule has 0 aliphatic carbocycles. The van der Waals surface area contributed by atoms with Crippen molar-refractivity contribution in [2.24, 2.45) is 0 Å². The van der Waals surface area contributed by atoms with Gasteiger partial charge in [-0.2, -0.15) is 0 Å². The highest BCUT2D eigenvalue weighted by Crippen LogP contribution is 2.22. The zero-order chi connectivity index (χ0) is 20.2. The molecule has 1 aromatic heterocycles. The minimum absolute atomic E-state index is 0.0176. The van der Waals surface area contributed by atoms with Crippen molar-refractivity contribution in [3.63, 3.8) is 0 Å². The number of hydrogen-bond donors (Lipinski definition) is 1. The fourth-order valence-electron chi connectivity index (χ4n) is 3.60. The summed E-state index contributed by atoms with van der Waals surface area (Å²) in [4.78, 5) is 29.9. The second-order valence-electron chi connectivity index (χ2n) is 7.32. The number of aryl methyl sites for hydroxylation is 1. The van der Waals surface area contributed by atoms with Gasteiger partial charge in [0.1, 0.15) is 11.6 Å². The van der Waals surface area contributed by atoms with Crippen LogP contribution in [0.5, 0.6) is 0 Å². The Morgan fingerprint density at radius 3 is 2.90 bits per heavy atom. The fraction of sp³-hybridized carbons (Fsp3) is 0.261. The minimum atomic E-state index is -0.187. The predicted molar refractivity (Wildman–Crippen MR) is 110 cm³/mol. The van der Waals surface area contributed by atoms with E-state index in [1.54, 1.807) is 35.4 Å². The van der Waals surface area contributed by atoms with Gasteiger partial charge in [-0.05, 0) is 54.2 Å². The highest BCUT2D eigenvalue weighted by molar-refractivity contribution is 5.94. The number of aromatic nitrogens is 1. The van der Waals surface area contributed by atoms with E-state index in [1.165, 1.54) is 6.07 Å². The number of rotatable bonds is 4. The maximum absolute atomic E-state index is 13.8. The average Bonchev–Trinajstić information content (AvgIpc) is 2.74. The number of carbonyl (C=O) groups excluding carboxylic acids is 2. The number of benzene rings is 1. The lowest BCUT2D eigenvalue weighted by atomic mass is 9.99. The molecule has 0 unspecified atom stereocenters. The number of carbonyl (C=O) groups is 2. The number of anilines is 1. The van der Waals surface area contributed by atoms with E-state index in [0.717, 1.165) is 23.1 Å². The first-order chi connectivity index (χ1) is 14.1. The van der Waals surface area contributed by atoms with Crippen LogP contribution in [0.15, 0.2) is 54.3 Å². The number of nitrogens with one attached hydrogen (secondary N) is 1. The smallest absolute Gasteiger partial charge is 0.246 e. The molecule has 0 radical (unpaired) electrons. The van der Waals surface area contributed by atoms with Gasteiger partial charge in [0.15, 0.2) is 0 Å². The van der Waals surface area contributed by atoms with E-state index in [1.807, 2.05) is 18.2 Å². The molecule has 2 aromatic rings. The van der Waals surface area contributed by atoms with Gasteiger partial charge >= 0.3 is 0 Å². The average molecular weight is 391 g/mol. The first kappa shape index (κ1) is 19.1. The molecule has 148 valence electrons. The third-order valence-electron chi connectivity index (χ3n) is 5.28. The Kier molecular flexibility index (Phi) is 5.51. The van der Waals surface area contributed by atoms with Gasteiger partial charge in [0.05, 0.1) is 0 Å². The monoisotopic (exact) mass is 391 g/mol. The molecule has 0 spiro atoms. The van der Waals surface area contributed by atoms with Crippen LogP contribution in [-0.2, 0) is 22.4 Å². The maximum Gasteiger partial charge on any atom is 0.246 e. The Morgan fingerprint density at radius 2 is 2.10 bits per heavy atom. The number of amides is 2. The zero-order valence-electron chi connectivity index (χ0n) is 16.0. The largest absolute Gasteiger partial charge is 0.335 e. The van der Waals surface area contributed by atoms with Crippen molar-refractivity contribution in [1.82, 2.24) is 9.88 Å². The molecule has 0 atom stereocenters. The standard InChI is InChI=1S/C23H22FN3O2/c24-20-4-2-1-3-18(20)13-16-9-11-27(12-10-16)22(29)8-5-17-14-19-6-7-21(28)26-23(19)25-15-17/h1-5,8-9,14-15H,6-7,10-13H2,(H,25,26,28)/b8-5+. The van der Waals surface area contributed by atoms with Gasteiger partial charge in [-0.3, -0.25) is 9.59 Å². The summed E-state index contributed by atoms with van der Waals surface area (Å²) >= 11 is 0. The SMILES string of the molecule is O=C1CCc2cc(/C=C/C(=O)N3CC=C(Cc4ccccc4F)CC3)cnc2N1. The molecular formula is C23H22FN3O2. The molecular weight excluding hydrogens is 369 g/mol. The van der Waals surface area contributed by atoms with Gasteiger partial charge in [0.2, 0.25) is 11.8 Å². The molecule has 0 saturated heterocycles. The summed E-state index contributed by atoms with van der Waals surface area (Å²) in [6, 6.07) is 8.76. The van der Waals surface area contributed by atoms with Gasteiger partial charge in [-0.15, -0.1) is 0 Å². The summed E-state index contributed by atoms with van der Waals surface area (Å²) in [6.07, 6.45) is 9.42. The van der Waals surface area contributed by atoms with Gasteiger partial charge in [0, 0.05) is 31.8 Å². The van der Waals surface area contributed by atoms with Crippen LogP contribution in [0.3, 0.4) is 0 Å². The van der Waals surface area contributed by atoms with E-state index in [0.29, 0.717) is 43.7 Å². The lowest BCUT2D eigenvalue weighted by molar-refractivity contribution is -0.125. The van der Waals surface area contributed by atoms with E-state index < -0.39 is 0 Å². The molecule has 3 heterocycles. The molecule has 6 heteroatoms. The van der Waals surface area contributed by atoms with Crippen molar-refractivity contribution in [3.05, 3.63) is 76.8 Å². The lowest BCUT2D eigenvalue weighted by Crippen LogP contribution is -2.33. The topological polar surface area (TPSA) is 62.3 Å². The zero-order valence-corrected chi connectivity index (χ0v) is 16.0. The first-order valence-electron chi connectivity index (χ1n) is 9.75. The Hall–Kier alpha value is -3.28. The predicted octanol–water partition coefficient (Wildman–Crippen LogP) is 3.52. The Morgan fingerprint density at radius 1 is 1.24 bits per heavy atom. The molecule has 0 bridgehead atoms. The van der Waals surface area contributed by atoms with Gasteiger partial charge in [-0.25, -0.2) is 9.37 Å². The quantitative estimate of drug-likeness (QED) is 0.641. The molecule has 5 nitrogen and oxygen atoms in total. The van der Waals surface area contributed by atoms with Crippen LogP contribution in [0.4, 0.5) is 10.2 Å². The summed E-state index contributed by atoms with van der Waals surface area (Å²) in [5.41, 5.74) is 3.66. The molecule has 2 aliphatic heterocycles. The second-order valence-corrected chi connectivity index (χ2v) is 7.32. The van der Waals surface area contributed by atoms with Crippen LogP contribution >= 0.6 is 0 Å². The summed E-state index contributed by atoms with van der Waals surface area (Å²) in [5.74, 6) is 0.342. The highest BCUT2D eigenvalue weighted by Gasteiger charge is 2.17. The van der Waals surface area contributed by atoms with Gasteiger partial charge in [0.25, 0.3) is 0 Å². The van der Waals surface area contributed by atoms with Crippen LogP contribution in [0.2, 0.25) is 0 Å². The van der Waals surface area contributed by atoms with E-state index >= 15 is 0 Å². The summed E-state index contributed by atoms with van der Waals surface area (Å²) in [7, 11) is 0. The second kappa shape index (κ2) is 8.39. The van der Waals surface area contributed by atoms with E-state index in [-0.39, 0.29) is 17.6 Å². The minimum Gasteiger partial charge on any atom is -0.335 e. The maximum atomic E-state index is 13.8. The third kappa shape index (κ3) is 4.59. The molecule has 2 aliphatic rings. The fourth-order valence-corrected chi connectivity index (χ4v) is 3.60. The van der Waals surface area contributed by atoms with Crippen LogP contribution in [0.1, 0.15) is 29.5 Å². The molecule has 0 fully saturated rings. The van der Waals surface area contributed by atoms with Gasteiger partial charge < -0.3 is 10.2 Å². The van der Waals surface area contributed by atoms with Crippen LogP contribution < -0.4 is 5.32 Å². The number of halogens is 1. The van der Waals surface area contributed by atoms with Crippen molar-refractivity contribution in [3.8, 4) is 0 Å². The van der Waals surface area contributed by atoms with Crippen LogP contribution in [-0.4, -0.2) is 34.8 Å². The number of nitrogens with zero attached hydrogens (tertiary/aromatic N) is 2. The van der Waals surface area contributed by atoms with Crippen molar-refractivity contribution in [1.29, 1.82) is 0 Å². The molecule has 1 aromatic carbocycles. The molecule has 29 heavy (non-hydrogen) atoms. The molecule has 2 amide bonds. The summed E-state index contributed by atoms with van der Waals surface area (Å²) in [5, 5.41) is 2.75. The molecule has 0 saturated carbocycles.